The van der Waals surface area contributed by atoms with E-state index in [2.05, 4.69) is 13.0 Å². The van der Waals surface area contributed by atoms with Crippen LogP contribution < -0.4 is 0 Å². The average Bonchev–Trinajstić information content (AvgIpc) is 2.36. The second-order valence-electron chi connectivity index (χ2n) is 7.06. The van der Waals surface area contributed by atoms with E-state index in [0.717, 1.165) is 25.7 Å². The van der Waals surface area contributed by atoms with Crippen LogP contribution in [0.5, 0.6) is 0 Å². The van der Waals surface area contributed by atoms with Gasteiger partial charge in [-0.25, -0.2) is 0 Å². The van der Waals surface area contributed by atoms with E-state index in [1.807, 2.05) is 20.8 Å². The van der Waals surface area contributed by atoms with Crippen LogP contribution in [0.2, 0.25) is 0 Å². The maximum Gasteiger partial charge on any atom is 0.311 e. The molecule has 0 saturated heterocycles. The summed E-state index contributed by atoms with van der Waals surface area (Å²) in [6.45, 7) is 8.31. The summed E-state index contributed by atoms with van der Waals surface area (Å²) in [4.78, 5) is 11.7. The van der Waals surface area contributed by atoms with Gasteiger partial charge in [0.2, 0.25) is 0 Å². The highest BCUT2D eigenvalue weighted by atomic mass is 16.5. The minimum atomic E-state index is -0.430. The summed E-state index contributed by atoms with van der Waals surface area (Å²) in [6.07, 6.45) is 8.14. The van der Waals surface area contributed by atoms with E-state index in [1.54, 1.807) is 6.08 Å². The van der Waals surface area contributed by atoms with E-state index in [0.29, 0.717) is 6.61 Å². The monoisotopic (exact) mass is 277 g/mol. The zero-order valence-electron chi connectivity index (χ0n) is 13.3. The van der Waals surface area contributed by atoms with E-state index in [1.165, 1.54) is 18.4 Å². The van der Waals surface area contributed by atoms with E-state index in [-0.39, 0.29) is 11.4 Å². The minimum Gasteiger partial charge on any atom is -0.465 e. The van der Waals surface area contributed by atoms with E-state index in [9.17, 15) is 4.79 Å². The molecule has 0 spiro atoms. The quantitative estimate of drug-likeness (QED) is 0.435. The molecule has 20 heavy (non-hydrogen) atoms. The van der Waals surface area contributed by atoms with Crippen molar-refractivity contribution < 1.29 is 9.53 Å². The molecule has 0 amide bonds. The highest BCUT2D eigenvalue weighted by molar-refractivity contribution is 5.75. The van der Waals surface area contributed by atoms with Crippen molar-refractivity contribution in [1.82, 2.24) is 0 Å². The third-order valence-electron chi connectivity index (χ3n) is 4.16. The van der Waals surface area contributed by atoms with Crippen LogP contribution in [-0.4, -0.2) is 12.6 Å². The van der Waals surface area contributed by atoms with Gasteiger partial charge in [0.25, 0.3) is 0 Å². The van der Waals surface area contributed by atoms with Crippen LogP contribution in [0.3, 0.4) is 0 Å². The van der Waals surface area contributed by atoms with Gasteiger partial charge in [-0.15, -0.1) is 0 Å². The summed E-state index contributed by atoms with van der Waals surface area (Å²) in [5, 5.41) is 8.89. The molecule has 0 aromatic heterocycles. The minimum absolute atomic E-state index is 0.113. The van der Waals surface area contributed by atoms with Crippen molar-refractivity contribution in [3.8, 4) is 6.07 Å². The molecule has 0 aromatic carbocycles. The summed E-state index contributed by atoms with van der Waals surface area (Å²) in [6, 6.07) is 2.17. The van der Waals surface area contributed by atoms with Gasteiger partial charge in [-0.05, 0) is 58.3 Å². The van der Waals surface area contributed by atoms with Crippen molar-refractivity contribution in [2.75, 3.05) is 6.61 Å². The lowest BCUT2D eigenvalue weighted by Gasteiger charge is -2.36. The standard InChI is InChI=1S/C17H27NO2/c1-16(2,3)15(19)20-13-7-11-17(4)10-6-5-8-14(17)9-12-18/h9H,5-8,10-11,13H2,1-4H3/b14-9+/t17-/m1/s1. The lowest BCUT2D eigenvalue weighted by atomic mass is 9.69. The molecular formula is C17H27NO2. The largest absolute Gasteiger partial charge is 0.465 e. The van der Waals surface area contributed by atoms with Gasteiger partial charge in [0.15, 0.2) is 0 Å². The second kappa shape index (κ2) is 6.92. The van der Waals surface area contributed by atoms with Gasteiger partial charge in [0.05, 0.1) is 18.1 Å². The fourth-order valence-corrected chi connectivity index (χ4v) is 2.75. The molecule has 3 heteroatoms. The topological polar surface area (TPSA) is 50.1 Å². The normalized spacial score (nSPS) is 25.2. The molecule has 3 nitrogen and oxygen atoms in total. The zero-order valence-corrected chi connectivity index (χ0v) is 13.3. The molecule has 0 heterocycles. The number of ether oxygens (including phenoxy) is 1. The van der Waals surface area contributed by atoms with Gasteiger partial charge in [0, 0.05) is 6.08 Å². The maximum atomic E-state index is 11.7. The molecule has 0 unspecified atom stereocenters. The molecular weight excluding hydrogens is 250 g/mol. The molecule has 1 fully saturated rings. The van der Waals surface area contributed by atoms with Crippen molar-refractivity contribution in [3.05, 3.63) is 11.6 Å². The van der Waals surface area contributed by atoms with Crippen molar-refractivity contribution in [2.45, 2.75) is 66.2 Å². The molecule has 1 saturated carbocycles. The number of carbonyl (C=O) groups is 1. The predicted molar refractivity (Wildman–Crippen MR) is 79.9 cm³/mol. The molecule has 0 N–H and O–H groups in total. The van der Waals surface area contributed by atoms with Crippen LogP contribution in [0.4, 0.5) is 0 Å². The number of allylic oxidation sites excluding steroid dienone is 2. The Kier molecular flexibility index (Phi) is 5.80. The summed E-state index contributed by atoms with van der Waals surface area (Å²) in [7, 11) is 0. The summed E-state index contributed by atoms with van der Waals surface area (Å²) in [5.41, 5.74) is 0.955. The van der Waals surface area contributed by atoms with E-state index < -0.39 is 5.41 Å². The highest BCUT2D eigenvalue weighted by Crippen LogP contribution is 2.43. The molecule has 0 radical (unpaired) electrons. The second-order valence-corrected chi connectivity index (χ2v) is 7.06. The van der Waals surface area contributed by atoms with Crippen molar-refractivity contribution >= 4 is 5.97 Å². The molecule has 1 atom stereocenters. The Balaban J connectivity index is 2.45. The number of rotatable bonds is 4. The molecule has 1 aliphatic carbocycles. The van der Waals surface area contributed by atoms with Crippen molar-refractivity contribution in [2.24, 2.45) is 10.8 Å². The molecule has 1 aliphatic rings. The zero-order chi connectivity index (χ0) is 15.2. The van der Waals surface area contributed by atoms with Gasteiger partial charge in [-0.2, -0.15) is 5.26 Å². The van der Waals surface area contributed by atoms with Gasteiger partial charge in [-0.3, -0.25) is 4.79 Å². The number of nitriles is 1. The molecule has 112 valence electrons. The number of hydrogen-bond acceptors (Lipinski definition) is 3. The first kappa shape index (κ1) is 16.8. The third-order valence-corrected chi connectivity index (χ3v) is 4.16. The summed E-state index contributed by atoms with van der Waals surface area (Å²) in [5.74, 6) is -0.140. The Hall–Kier alpha value is -1.30. The molecule has 0 aliphatic heterocycles. The molecule has 0 aromatic rings. The Morgan fingerprint density at radius 1 is 1.45 bits per heavy atom. The van der Waals surface area contributed by atoms with Gasteiger partial charge < -0.3 is 4.74 Å². The van der Waals surface area contributed by atoms with Crippen LogP contribution >= 0.6 is 0 Å². The first-order chi connectivity index (χ1) is 9.29. The lowest BCUT2D eigenvalue weighted by Crippen LogP contribution is -2.26. The molecule has 0 bridgehead atoms. The van der Waals surface area contributed by atoms with Gasteiger partial charge in [-0.1, -0.05) is 18.9 Å². The SMILES string of the molecule is CC(C)(C)C(=O)OCCC[C@@]1(C)CCCC/C1=C\C#N. The Morgan fingerprint density at radius 3 is 2.75 bits per heavy atom. The summed E-state index contributed by atoms with van der Waals surface area (Å²) >= 11 is 0. The van der Waals surface area contributed by atoms with Crippen molar-refractivity contribution in [3.63, 3.8) is 0 Å². The van der Waals surface area contributed by atoms with E-state index in [4.69, 9.17) is 10.00 Å². The predicted octanol–water partition coefficient (Wildman–Crippen LogP) is 4.39. The fraction of sp³-hybridized carbons (Fsp3) is 0.765. The van der Waals surface area contributed by atoms with Crippen LogP contribution in [0.1, 0.15) is 66.2 Å². The maximum absolute atomic E-state index is 11.7. The molecule has 1 rings (SSSR count). The van der Waals surface area contributed by atoms with Crippen molar-refractivity contribution in [1.29, 1.82) is 5.26 Å². The Morgan fingerprint density at radius 2 is 2.15 bits per heavy atom. The summed E-state index contributed by atoms with van der Waals surface area (Å²) < 4.78 is 5.31. The Bertz CT molecular complexity index is 412. The number of esters is 1. The first-order valence-corrected chi connectivity index (χ1v) is 7.56. The average molecular weight is 277 g/mol. The first-order valence-electron chi connectivity index (χ1n) is 7.56. The van der Waals surface area contributed by atoms with Crippen LogP contribution in [0.25, 0.3) is 0 Å². The van der Waals surface area contributed by atoms with E-state index >= 15 is 0 Å². The van der Waals surface area contributed by atoms with Crippen LogP contribution in [0.15, 0.2) is 11.6 Å². The van der Waals surface area contributed by atoms with Crippen LogP contribution in [0, 0.1) is 22.2 Å². The van der Waals surface area contributed by atoms with Gasteiger partial charge in [0.1, 0.15) is 0 Å². The number of carbonyl (C=O) groups excluding carboxylic acids is 1. The number of nitrogens with zero attached hydrogens (tertiary/aromatic N) is 1. The highest BCUT2D eigenvalue weighted by Gasteiger charge is 2.31. The Labute approximate surface area is 123 Å². The van der Waals surface area contributed by atoms with Gasteiger partial charge >= 0.3 is 5.97 Å². The fourth-order valence-electron chi connectivity index (χ4n) is 2.75. The smallest absolute Gasteiger partial charge is 0.311 e. The third kappa shape index (κ3) is 4.67. The number of hydrogen-bond donors (Lipinski definition) is 0. The lowest BCUT2D eigenvalue weighted by molar-refractivity contribution is -0.153. The van der Waals surface area contributed by atoms with Crippen LogP contribution in [-0.2, 0) is 9.53 Å².